The predicted octanol–water partition coefficient (Wildman–Crippen LogP) is 1.54. The average Bonchev–Trinajstić information content (AvgIpc) is 3.28. The molecule has 2 aromatic rings. The first-order valence-electron chi connectivity index (χ1n) is 12.2. The van der Waals surface area contributed by atoms with Crippen molar-refractivity contribution in [3.05, 3.63) is 74.1 Å². The summed E-state index contributed by atoms with van der Waals surface area (Å²) in [6.45, 7) is 12.1. The van der Waals surface area contributed by atoms with Crippen LogP contribution in [-0.4, -0.2) is 3.21 Å². The van der Waals surface area contributed by atoms with Gasteiger partial charge in [-0.3, -0.25) is 0 Å². The monoisotopic (exact) mass is 556 g/mol. The zero-order chi connectivity index (χ0) is 21.8. The van der Waals surface area contributed by atoms with Crippen molar-refractivity contribution in [3.8, 4) is 11.1 Å². The number of halogens is 2. The summed E-state index contributed by atoms with van der Waals surface area (Å²) in [5.41, 5.74) is 9.71. The molecule has 1 unspecified atom stereocenters. The molecule has 0 saturated heterocycles. The molecule has 174 valence electrons. The molecule has 0 spiro atoms. The summed E-state index contributed by atoms with van der Waals surface area (Å²) >= 11 is -2.16. The standard InChI is InChI=1S/C13H9.C11H17.C6H10.2ClH.Zr/c1-3-7-12-10(5-1)9-11-6-2-4-8-13(11)12;1-8-6-9(2)10(7-8)11(3,4)5;1-2-4-6-5-3-1;;;/h1-5,7-8H,9H2;7-8H,1-5H3;1-5H2;2*1H;/q;;;;;+2/p-2. The van der Waals surface area contributed by atoms with Crippen molar-refractivity contribution in [2.75, 3.05) is 0 Å². The Kier molecular flexibility index (Phi) is 8.52. The van der Waals surface area contributed by atoms with Crippen LogP contribution in [0.1, 0.15) is 77.8 Å². The van der Waals surface area contributed by atoms with E-state index in [9.17, 15) is 0 Å². The van der Waals surface area contributed by atoms with Gasteiger partial charge in [0.05, 0.1) is 0 Å². The quantitative estimate of drug-likeness (QED) is 0.448. The Morgan fingerprint density at radius 2 is 1.52 bits per heavy atom. The summed E-state index contributed by atoms with van der Waals surface area (Å²) in [5.74, 6) is 0.609. The number of allylic oxidation sites excluding steroid dienone is 4. The molecule has 0 amide bonds. The smallest absolute Gasteiger partial charge is 1.00 e. The normalized spacial score (nSPS) is 19.1. The third-order valence-corrected chi connectivity index (χ3v) is 16.5. The van der Waals surface area contributed by atoms with E-state index in [2.05, 4.69) is 83.2 Å². The van der Waals surface area contributed by atoms with Crippen LogP contribution in [0.5, 0.6) is 0 Å². The second-order valence-electron chi connectivity index (χ2n) is 10.9. The zero-order valence-corrected chi connectivity index (χ0v) is 24.7. The Bertz CT molecular complexity index is 1140. The van der Waals surface area contributed by atoms with Gasteiger partial charge in [-0.25, -0.2) is 0 Å². The molecule has 5 rings (SSSR count). The molecule has 2 aromatic carbocycles. The molecular formula is C30H36Cl2Zr. The molecule has 0 N–H and O–H groups in total. The molecular weight excluding hydrogens is 522 g/mol. The summed E-state index contributed by atoms with van der Waals surface area (Å²) < 4.78 is 5.66. The van der Waals surface area contributed by atoms with E-state index in [0.717, 1.165) is 6.42 Å². The van der Waals surface area contributed by atoms with Gasteiger partial charge in [0.1, 0.15) is 0 Å². The predicted molar refractivity (Wildman–Crippen MR) is 132 cm³/mol. The van der Waals surface area contributed by atoms with Gasteiger partial charge in [0.15, 0.2) is 0 Å². The van der Waals surface area contributed by atoms with Crippen LogP contribution in [0.2, 0.25) is 0 Å². The van der Waals surface area contributed by atoms with E-state index in [4.69, 9.17) is 0 Å². The Morgan fingerprint density at radius 3 is 2.18 bits per heavy atom. The SMILES string of the molecule is CC1=[C]([Zr+2](=[C]2CCCCC2)[c]2cccc3c2Cc2ccccc2-3)C(C)C=C1C(C)(C)C.[Cl-].[Cl-]. The van der Waals surface area contributed by atoms with Crippen LogP contribution < -0.4 is 28.1 Å². The zero-order valence-electron chi connectivity index (χ0n) is 20.7. The van der Waals surface area contributed by atoms with Crippen LogP contribution in [0.3, 0.4) is 0 Å². The summed E-state index contributed by atoms with van der Waals surface area (Å²) in [7, 11) is 0. The molecule has 1 atom stereocenters. The molecule has 3 aliphatic rings. The van der Waals surface area contributed by atoms with Crippen LogP contribution in [0.25, 0.3) is 11.1 Å². The molecule has 33 heavy (non-hydrogen) atoms. The van der Waals surface area contributed by atoms with Crippen molar-refractivity contribution in [2.45, 2.75) is 73.1 Å². The van der Waals surface area contributed by atoms with Crippen LogP contribution in [0.4, 0.5) is 0 Å². The van der Waals surface area contributed by atoms with E-state index < -0.39 is 21.3 Å². The van der Waals surface area contributed by atoms with E-state index in [1.807, 2.05) is 6.49 Å². The minimum atomic E-state index is -2.16. The van der Waals surface area contributed by atoms with E-state index in [1.165, 1.54) is 48.8 Å². The fourth-order valence-corrected chi connectivity index (χ4v) is 15.5. The second-order valence-corrected chi connectivity index (χ2v) is 17.1. The minimum Gasteiger partial charge on any atom is -1.00 e. The maximum Gasteiger partial charge on any atom is -1.00 e. The molecule has 0 bridgehead atoms. The van der Waals surface area contributed by atoms with Crippen LogP contribution >= 0.6 is 0 Å². The summed E-state index contributed by atoms with van der Waals surface area (Å²) in [6.07, 6.45) is 10.8. The number of fused-ring (bicyclic) bond motifs is 3. The molecule has 0 heterocycles. The molecule has 0 aromatic heterocycles. The average molecular weight is 559 g/mol. The van der Waals surface area contributed by atoms with Crippen molar-refractivity contribution in [2.24, 2.45) is 11.3 Å². The Hall–Kier alpha value is -0.747. The molecule has 0 aliphatic heterocycles. The first kappa shape index (κ1) is 26.9. The van der Waals surface area contributed by atoms with Crippen molar-refractivity contribution < 1.29 is 46.1 Å². The Morgan fingerprint density at radius 1 is 0.848 bits per heavy atom. The van der Waals surface area contributed by atoms with Gasteiger partial charge in [-0.05, 0) is 0 Å². The molecule has 1 saturated carbocycles. The van der Waals surface area contributed by atoms with Crippen molar-refractivity contribution in [3.63, 3.8) is 0 Å². The van der Waals surface area contributed by atoms with Gasteiger partial charge in [-0.1, -0.05) is 0 Å². The fraction of sp³-hybridized carbons (Fsp3) is 0.433. The van der Waals surface area contributed by atoms with Crippen molar-refractivity contribution >= 4 is 6.48 Å². The minimum absolute atomic E-state index is 0. The fourth-order valence-electron chi connectivity index (χ4n) is 6.32. The maximum absolute atomic E-state index is 2.62. The third kappa shape index (κ3) is 4.85. The van der Waals surface area contributed by atoms with Crippen LogP contribution in [0.15, 0.2) is 63.0 Å². The number of rotatable bonds is 2. The van der Waals surface area contributed by atoms with Crippen LogP contribution in [0, 0.1) is 11.3 Å². The van der Waals surface area contributed by atoms with Gasteiger partial charge in [0.25, 0.3) is 0 Å². The summed E-state index contributed by atoms with van der Waals surface area (Å²) in [6, 6.07) is 16.4. The van der Waals surface area contributed by atoms with E-state index in [-0.39, 0.29) is 30.2 Å². The topological polar surface area (TPSA) is 0 Å². The number of hydrogen-bond acceptors (Lipinski definition) is 0. The maximum atomic E-state index is 2.62. The van der Waals surface area contributed by atoms with Gasteiger partial charge in [0, 0.05) is 0 Å². The first-order valence-corrected chi connectivity index (χ1v) is 15.9. The van der Waals surface area contributed by atoms with Crippen molar-refractivity contribution in [1.82, 2.24) is 0 Å². The molecule has 1 fully saturated rings. The summed E-state index contributed by atoms with van der Waals surface area (Å²) in [4.78, 5) is 0. The molecule has 3 aliphatic carbocycles. The van der Waals surface area contributed by atoms with E-state index in [0.29, 0.717) is 5.92 Å². The van der Waals surface area contributed by atoms with Gasteiger partial charge in [-0.15, -0.1) is 0 Å². The van der Waals surface area contributed by atoms with Gasteiger partial charge < -0.3 is 24.8 Å². The van der Waals surface area contributed by atoms with Crippen molar-refractivity contribution in [1.29, 1.82) is 0 Å². The Balaban J connectivity index is 0.00000153. The number of benzene rings is 2. The van der Waals surface area contributed by atoms with Crippen LogP contribution in [-0.2, 0) is 27.7 Å². The Labute approximate surface area is 220 Å². The largest absolute Gasteiger partial charge is 1.00 e. The summed E-state index contributed by atoms with van der Waals surface area (Å²) in [5, 5.41) is 0. The van der Waals surface area contributed by atoms with Gasteiger partial charge in [-0.2, -0.15) is 0 Å². The third-order valence-electron chi connectivity index (χ3n) is 7.69. The second kappa shape index (κ2) is 10.5. The van der Waals surface area contributed by atoms with Gasteiger partial charge >= 0.3 is 197 Å². The van der Waals surface area contributed by atoms with E-state index >= 15 is 0 Å². The molecule has 0 radical (unpaired) electrons. The molecule has 0 nitrogen and oxygen atoms in total. The van der Waals surface area contributed by atoms with E-state index in [1.54, 1.807) is 20.0 Å². The molecule has 3 heteroatoms. The van der Waals surface area contributed by atoms with Gasteiger partial charge in [0.2, 0.25) is 0 Å². The number of hydrogen-bond donors (Lipinski definition) is 0. The first-order chi connectivity index (χ1) is 14.9.